The van der Waals surface area contributed by atoms with E-state index in [1.54, 1.807) is 0 Å². The Kier molecular flexibility index (Phi) is 2.16. The van der Waals surface area contributed by atoms with Crippen molar-refractivity contribution in [1.29, 1.82) is 0 Å². The monoisotopic (exact) mass is 147 g/mol. The maximum atomic E-state index is 10.9. The van der Waals surface area contributed by atoms with Gasteiger partial charge in [-0.3, -0.25) is 9.59 Å². The van der Waals surface area contributed by atoms with E-state index < -0.39 is 0 Å². The van der Waals surface area contributed by atoms with E-state index in [1.165, 1.54) is 30.7 Å². The van der Waals surface area contributed by atoms with Crippen molar-refractivity contribution >= 4 is 11.6 Å². The van der Waals surface area contributed by atoms with Crippen LogP contribution in [-0.4, -0.2) is 11.6 Å². The van der Waals surface area contributed by atoms with Gasteiger partial charge in [0, 0.05) is 12.0 Å². The second kappa shape index (κ2) is 3.10. The predicted molar refractivity (Wildman–Crippen MR) is 41.7 cm³/mol. The molecule has 0 saturated carbocycles. The number of carbonyl (C=O) groups is 2. The second-order valence-electron chi connectivity index (χ2n) is 2.10. The van der Waals surface area contributed by atoms with Crippen LogP contribution in [0.3, 0.4) is 0 Å². The van der Waals surface area contributed by atoms with E-state index in [9.17, 15) is 9.59 Å². The van der Waals surface area contributed by atoms with Gasteiger partial charge in [0.05, 0.1) is 0 Å². The summed E-state index contributed by atoms with van der Waals surface area (Å²) in [6.07, 6.45) is 6.81. The largest absolute Gasteiger partial charge is 0.290 e. The highest BCUT2D eigenvalue weighted by Crippen LogP contribution is 2.08. The molecule has 0 aromatic heterocycles. The maximum Gasteiger partial charge on any atom is 0.182 e. The van der Waals surface area contributed by atoms with E-state index in [2.05, 4.69) is 6.58 Å². The fraction of sp³-hybridized carbons (Fsp3) is 0. The van der Waals surface area contributed by atoms with E-state index >= 15 is 0 Å². The second-order valence-corrected chi connectivity index (χ2v) is 2.10. The van der Waals surface area contributed by atoms with Gasteiger partial charge < -0.3 is 0 Å². The molecule has 0 fully saturated rings. The molecule has 55 valence electrons. The molecule has 0 aliphatic heterocycles. The van der Waals surface area contributed by atoms with Crippen molar-refractivity contribution in [3.63, 3.8) is 0 Å². The van der Waals surface area contributed by atoms with Gasteiger partial charge in [0.1, 0.15) is 0 Å². The quantitative estimate of drug-likeness (QED) is 0.546. The van der Waals surface area contributed by atoms with Crippen molar-refractivity contribution in [2.75, 3.05) is 0 Å². The molecule has 1 rings (SSSR count). The Labute approximate surface area is 64.9 Å². The molecule has 0 saturated heterocycles. The van der Waals surface area contributed by atoms with E-state index in [1.807, 2.05) is 0 Å². The number of hydrogen-bond donors (Lipinski definition) is 0. The Morgan fingerprint density at radius 1 is 1.27 bits per heavy atom. The molecule has 1 aliphatic carbocycles. The minimum atomic E-state index is -0.155. The number of carbonyl (C=O) groups excluding carboxylic acids is 2. The summed E-state index contributed by atoms with van der Waals surface area (Å²) in [6, 6.07) is 0. The molecule has 0 N–H and O–H groups in total. The molecular weight excluding hydrogens is 140 g/mol. The summed E-state index contributed by atoms with van der Waals surface area (Å²) in [5.41, 5.74) is 0.396. The van der Waals surface area contributed by atoms with Gasteiger partial charge in [-0.2, -0.15) is 0 Å². The SMILES string of the molecule is C=C[CH]C1=CC(=O)C=CC1=O. The van der Waals surface area contributed by atoms with Crippen LogP contribution in [0.2, 0.25) is 0 Å². The summed E-state index contributed by atoms with van der Waals surface area (Å²) in [5, 5.41) is 0. The fourth-order valence-electron chi connectivity index (χ4n) is 0.784. The van der Waals surface area contributed by atoms with E-state index in [-0.39, 0.29) is 11.6 Å². The summed E-state index contributed by atoms with van der Waals surface area (Å²) in [4.78, 5) is 21.7. The molecule has 0 amide bonds. The average molecular weight is 147 g/mol. The zero-order chi connectivity index (χ0) is 8.27. The van der Waals surface area contributed by atoms with Gasteiger partial charge in [-0.25, -0.2) is 0 Å². The maximum absolute atomic E-state index is 10.9. The van der Waals surface area contributed by atoms with Crippen LogP contribution in [0.15, 0.2) is 36.5 Å². The number of allylic oxidation sites excluding steroid dienone is 5. The molecule has 0 spiro atoms. The van der Waals surface area contributed by atoms with Crippen LogP contribution in [0.4, 0.5) is 0 Å². The minimum Gasteiger partial charge on any atom is -0.290 e. The smallest absolute Gasteiger partial charge is 0.182 e. The fourth-order valence-corrected chi connectivity index (χ4v) is 0.784. The van der Waals surface area contributed by atoms with E-state index in [4.69, 9.17) is 0 Å². The Balaban J connectivity index is 2.84. The van der Waals surface area contributed by atoms with Crippen LogP contribution in [0.1, 0.15) is 0 Å². The van der Waals surface area contributed by atoms with Crippen molar-refractivity contribution in [2.45, 2.75) is 0 Å². The lowest BCUT2D eigenvalue weighted by Gasteiger charge is -2.01. The van der Waals surface area contributed by atoms with Crippen LogP contribution >= 0.6 is 0 Å². The zero-order valence-electron chi connectivity index (χ0n) is 5.91. The number of ketones is 2. The van der Waals surface area contributed by atoms with Crippen LogP contribution < -0.4 is 0 Å². The zero-order valence-corrected chi connectivity index (χ0v) is 5.91. The van der Waals surface area contributed by atoms with Crippen molar-refractivity contribution in [2.24, 2.45) is 0 Å². The topological polar surface area (TPSA) is 34.1 Å². The van der Waals surface area contributed by atoms with Crippen LogP contribution in [0, 0.1) is 6.42 Å². The number of rotatable bonds is 2. The Morgan fingerprint density at radius 3 is 2.64 bits per heavy atom. The highest BCUT2D eigenvalue weighted by atomic mass is 16.1. The first-order valence-electron chi connectivity index (χ1n) is 3.18. The molecule has 0 atom stereocenters. The van der Waals surface area contributed by atoms with E-state index in [0.29, 0.717) is 5.57 Å². The molecular formula is C9H7O2. The van der Waals surface area contributed by atoms with E-state index in [0.717, 1.165) is 0 Å². The van der Waals surface area contributed by atoms with Gasteiger partial charge in [0.2, 0.25) is 0 Å². The van der Waals surface area contributed by atoms with Gasteiger partial charge in [-0.1, -0.05) is 6.08 Å². The van der Waals surface area contributed by atoms with Crippen molar-refractivity contribution in [1.82, 2.24) is 0 Å². The summed E-state index contributed by atoms with van der Waals surface area (Å²) in [7, 11) is 0. The first kappa shape index (κ1) is 7.66. The molecule has 1 radical (unpaired) electrons. The molecule has 0 unspecified atom stereocenters. The van der Waals surface area contributed by atoms with Crippen LogP contribution in [0.25, 0.3) is 0 Å². The summed E-state index contributed by atoms with van der Waals surface area (Å²) in [6.45, 7) is 3.43. The van der Waals surface area contributed by atoms with Gasteiger partial charge in [-0.15, -0.1) is 6.58 Å². The normalized spacial score (nSPS) is 16.5. The molecule has 0 heterocycles. The third-order valence-electron chi connectivity index (χ3n) is 1.28. The highest BCUT2D eigenvalue weighted by Gasteiger charge is 2.10. The molecule has 2 nitrogen and oxygen atoms in total. The molecule has 2 heteroatoms. The molecule has 0 aromatic rings. The lowest BCUT2D eigenvalue weighted by atomic mass is 10.0. The minimum absolute atomic E-state index is 0.149. The standard InChI is InChI=1S/C9H7O2/c1-2-3-7-6-8(10)4-5-9(7)11/h2-6H,1H2. The Bertz CT molecular complexity index is 269. The molecule has 0 bridgehead atoms. The van der Waals surface area contributed by atoms with Crippen LogP contribution in [-0.2, 0) is 9.59 Å². The van der Waals surface area contributed by atoms with Gasteiger partial charge in [-0.05, 0) is 18.2 Å². The van der Waals surface area contributed by atoms with Gasteiger partial charge in [0.15, 0.2) is 11.6 Å². The Morgan fingerprint density at radius 2 is 2.00 bits per heavy atom. The highest BCUT2D eigenvalue weighted by molar-refractivity contribution is 6.18. The molecule has 0 aromatic carbocycles. The third-order valence-corrected chi connectivity index (χ3v) is 1.28. The van der Waals surface area contributed by atoms with Gasteiger partial charge >= 0.3 is 0 Å². The third kappa shape index (κ3) is 1.74. The summed E-state index contributed by atoms with van der Waals surface area (Å²) in [5.74, 6) is -0.304. The molecule has 11 heavy (non-hydrogen) atoms. The van der Waals surface area contributed by atoms with Crippen LogP contribution in [0.5, 0.6) is 0 Å². The average Bonchev–Trinajstić information content (AvgIpc) is 1.98. The van der Waals surface area contributed by atoms with Crippen molar-refractivity contribution in [3.8, 4) is 0 Å². The summed E-state index contributed by atoms with van der Waals surface area (Å²) < 4.78 is 0. The first-order valence-corrected chi connectivity index (χ1v) is 3.18. The summed E-state index contributed by atoms with van der Waals surface area (Å²) >= 11 is 0. The van der Waals surface area contributed by atoms with Gasteiger partial charge in [0.25, 0.3) is 0 Å². The molecule has 1 aliphatic rings. The van der Waals surface area contributed by atoms with Crippen molar-refractivity contribution < 1.29 is 9.59 Å². The lowest BCUT2D eigenvalue weighted by molar-refractivity contribution is -0.114. The lowest BCUT2D eigenvalue weighted by Crippen LogP contribution is -2.06. The van der Waals surface area contributed by atoms with Crippen molar-refractivity contribution in [3.05, 3.63) is 42.9 Å². The Hall–Kier alpha value is -1.44. The first-order chi connectivity index (χ1) is 5.24. The number of hydrogen-bond acceptors (Lipinski definition) is 2. The predicted octanol–water partition coefficient (Wildman–Crippen LogP) is 1.01.